The summed E-state index contributed by atoms with van der Waals surface area (Å²) in [5.74, 6) is -1.19. The molecule has 0 bridgehead atoms. The number of esters is 2. The Morgan fingerprint density at radius 2 is 1.02 bits per heavy atom. The maximum Gasteiger partial charge on any atom is 0.317 e. The molecule has 0 spiro atoms. The first-order valence-corrected chi connectivity index (χ1v) is 36.1. The molecule has 0 saturated carbocycles. The fraction of sp³-hybridized carbons (Fsp3) is 0.941. The van der Waals surface area contributed by atoms with E-state index in [4.69, 9.17) is 25.3 Å². The maximum atomic E-state index is 12.1. The van der Waals surface area contributed by atoms with Crippen LogP contribution < -0.4 is 0 Å². The van der Waals surface area contributed by atoms with Crippen LogP contribution in [0, 0.1) is 5.92 Å². The number of unbranched alkanes of at least 4 members (excludes halogenated alkanes) is 13. The number of hydrogen-bond acceptors (Lipinski definition) is 8. The molecule has 4 unspecified atom stereocenters. The third kappa shape index (κ3) is 22.9. The molecule has 1 heterocycles. The molecule has 1 rings (SSSR count). The monoisotopic (exact) mass is 780 g/mol. The molecule has 0 aromatic heterocycles. The van der Waals surface area contributed by atoms with Gasteiger partial charge in [-0.05, 0) is 90.5 Å². The van der Waals surface area contributed by atoms with Gasteiger partial charge in [0.2, 0.25) is 0 Å². The molecule has 0 aromatic carbocycles. The van der Waals surface area contributed by atoms with Gasteiger partial charge in [-0.15, -0.1) is 0 Å². The molecule has 0 aromatic rings. The summed E-state index contributed by atoms with van der Waals surface area (Å²) in [6, 6.07) is 1.70. The topological polar surface area (TPSA) is 89.5 Å². The van der Waals surface area contributed by atoms with Crippen molar-refractivity contribution in [3.05, 3.63) is 0 Å². The Bertz CT molecular complexity index is 928. The minimum Gasteiger partial charge on any atom is -0.437 e. The first-order chi connectivity index (χ1) is 22.2. The van der Waals surface area contributed by atoms with Crippen LogP contribution in [0.5, 0.6) is 0 Å². The first kappa shape index (κ1) is 46.3. The molecule has 8 nitrogen and oxygen atoms in total. The lowest BCUT2D eigenvalue weighted by molar-refractivity contribution is -0.153. The summed E-state index contributed by atoms with van der Waals surface area (Å²) in [4.78, 5) is 23.7. The smallest absolute Gasteiger partial charge is 0.317 e. The highest BCUT2D eigenvalue weighted by Gasteiger charge is 2.46. The van der Waals surface area contributed by atoms with Crippen LogP contribution in [0.3, 0.4) is 0 Å². The Hall–Kier alpha value is 0.241. The van der Waals surface area contributed by atoms with E-state index in [0.29, 0.717) is 12.5 Å². The second-order valence-electron chi connectivity index (χ2n) is 16.9. The number of ether oxygens (including phenoxy) is 1. The Morgan fingerprint density at radius 3 is 1.44 bits per heavy atom. The molecule has 0 N–H and O–H groups in total. The summed E-state index contributed by atoms with van der Waals surface area (Å²) in [6.07, 6.45) is 20.4. The Kier molecular flexibility index (Phi) is 21.5. The predicted octanol–water partition coefficient (Wildman–Crippen LogP) is 10.8. The molecular weight excluding hydrogens is 705 g/mol. The minimum absolute atomic E-state index is 0.170. The van der Waals surface area contributed by atoms with Crippen LogP contribution in [0.25, 0.3) is 0 Å². The van der Waals surface area contributed by atoms with Crippen LogP contribution in [-0.2, 0) is 34.9 Å². The largest absolute Gasteiger partial charge is 0.437 e. The van der Waals surface area contributed by atoms with Crippen LogP contribution in [0.15, 0.2) is 0 Å². The third-order valence-electron chi connectivity index (χ3n) is 8.50. The van der Waals surface area contributed by atoms with E-state index in [9.17, 15) is 9.59 Å². The molecule has 1 saturated heterocycles. The summed E-state index contributed by atoms with van der Waals surface area (Å²) < 4.78 is 39.0. The lowest BCUT2D eigenvalue weighted by Crippen LogP contribution is -2.57. The van der Waals surface area contributed by atoms with E-state index < -0.39 is 63.5 Å². The van der Waals surface area contributed by atoms with Crippen molar-refractivity contribution < 1.29 is 34.9 Å². The highest BCUT2D eigenvalue weighted by atomic mass is 28.5. The van der Waals surface area contributed by atoms with Gasteiger partial charge < -0.3 is 25.3 Å². The highest BCUT2D eigenvalue weighted by Crippen LogP contribution is 2.31. The van der Waals surface area contributed by atoms with Gasteiger partial charge in [-0.1, -0.05) is 103 Å². The van der Waals surface area contributed by atoms with Crippen molar-refractivity contribution in [1.29, 1.82) is 0 Å². The Balaban J connectivity index is 2.71. The highest BCUT2D eigenvalue weighted by molar-refractivity contribution is 6.88. The van der Waals surface area contributed by atoms with Gasteiger partial charge in [0, 0.05) is 0 Å². The summed E-state index contributed by atoms with van der Waals surface area (Å²) in [5.41, 5.74) is 0. The van der Waals surface area contributed by atoms with E-state index in [2.05, 4.69) is 78.9 Å². The lowest BCUT2D eigenvalue weighted by atomic mass is 10.0. The standard InChI is InChI=1S/C34H76O8Si6/c1-13-14-15-16-17-18-19-20-21-22-23-24-25-26-29-47(11,41-45(6,7)8)38-43(2)39-48(12,42-46(9,10)40-44(3,4)5)30-27-28-32-31-33(35)37-34(32)36/h32,43H,13-31H2,1-12H3. The molecule has 1 aliphatic rings. The van der Waals surface area contributed by atoms with Crippen molar-refractivity contribution in [1.82, 2.24) is 0 Å². The minimum atomic E-state index is -2.75. The fourth-order valence-corrected chi connectivity index (χ4v) is 33.7. The molecule has 0 amide bonds. The molecule has 14 heteroatoms. The van der Waals surface area contributed by atoms with Gasteiger partial charge in [-0.25, -0.2) is 0 Å². The summed E-state index contributed by atoms with van der Waals surface area (Å²) in [5, 5.41) is 0. The van der Waals surface area contributed by atoms with Crippen LogP contribution in [-0.4, -0.2) is 63.5 Å². The maximum absolute atomic E-state index is 12.1. The van der Waals surface area contributed by atoms with Crippen molar-refractivity contribution in [2.24, 2.45) is 5.92 Å². The predicted molar refractivity (Wildman–Crippen MR) is 214 cm³/mol. The van der Waals surface area contributed by atoms with Crippen molar-refractivity contribution >= 4 is 63.5 Å². The Morgan fingerprint density at radius 1 is 0.604 bits per heavy atom. The number of carbonyl (C=O) groups is 2. The molecule has 0 aliphatic carbocycles. The normalized spacial score (nSPS) is 19.3. The van der Waals surface area contributed by atoms with Crippen molar-refractivity contribution in [3.63, 3.8) is 0 Å². The summed E-state index contributed by atoms with van der Waals surface area (Å²) >= 11 is 0. The van der Waals surface area contributed by atoms with E-state index in [1.54, 1.807) is 0 Å². The SMILES string of the molecule is CCCCCCCCCCCCCCCC[Si](C)(O[SiH](C)O[Si](C)(CCCC1CC(=O)OC1=O)O[Si](C)(C)O[Si](C)(C)C)O[Si](C)(C)C. The van der Waals surface area contributed by atoms with Gasteiger partial charge in [0.15, 0.2) is 16.6 Å². The molecule has 0 radical (unpaired) electrons. The quantitative estimate of drug-likeness (QED) is 0.0321. The molecule has 284 valence electrons. The number of cyclic esters (lactones) is 2. The molecule has 1 aliphatic heterocycles. The average Bonchev–Trinajstić information content (AvgIpc) is 3.21. The third-order valence-corrected chi connectivity index (χ3v) is 29.9. The lowest BCUT2D eigenvalue weighted by Gasteiger charge is -2.41. The number of rotatable bonds is 29. The number of carbonyl (C=O) groups excluding carboxylic acids is 2. The number of hydrogen-bond donors (Lipinski definition) is 0. The van der Waals surface area contributed by atoms with E-state index in [0.717, 1.165) is 18.9 Å². The molecular formula is C34H76O8Si6. The second-order valence-corrected chi connectivity index (χ2v) is 39.2. The summed E-state index contributed by atoms with van der Waals surface area (Å²) in [6.45, 7) is 26.3. The van der Waals surface area contributed by atoms with Gasteiger partial charge in [0.1, 0.15) is 0 Å². The summed E-state index contributed by atoms with van der Waals surface area (Å²) in [7, 11) is -13.5. The Labute approximate surface area is 303 Å². The van der Waals surface area contributed by atoms with E-state index >= 15 is 0 Å². The van der Waals surface area contributed by atoms with E-state index in [-0.39, 0.29) is 12.3 Å². The van der Waals surface area contributed by atoms with Crippen LogP contribution in [0.4, 0.5) is 0 Å². The van der Waals surface area contributed by atoms with Crippen LogP contribution in [0.2, 0.25) is 84.1 Å². The molecule has 4 atom stereocenters. The van der Waals surface area contributed by atoms with Crippen molar-refractivity contribution in [2.75, 3.05) is 0 Å². The van der Waals surface area contributed by atoms with Crippen LogP contribution in [0.1, 0.15) is 116 Å². The second kappa shape index (κ2) is 22.3. The van der Waals surface area contributed by atoms with Gasteiger partial charge >= 0.3 is 46.9 Å². The average molecular weight is 781 g/mol. The van der Waals surface area contributed by atoms with Gasteiger partial charge in [-0.3, -0.25) is 9.59 Å². The zero-order valence-electron chi connectivity index (χ0n) is 33.4. The van der Waals surface area contributed by atoms with Gasteiger partial charge in [-0.2, -0.15) is 0 Å². The van der Waals surface area contributed by atoms with Gasteiger partial charge in [0.25, 0.3) is 0 Å². The van der Waals surface area contributed by atoms with Crippen molar-refractivity contribution in [2.45, 2.75) is 200 Å². The first-order valence-electron chi connectivity index (χ1n) is 19.4. The molecule has 48 heavy (non-hydrogen) atoms. The van der Waals surface area contributed by atoms with E-state index in [1.807, 2.05) is 0 Å². The molecule has 1 fully saturated rings. The van der Waals surface area contributed by atoms with Crippen LogP contribution >= 0.6 is 0 Å². The zero-order valence-corrected chi connectivity index (χ0v) is 39.5. The fourth-order valence-electron chi connectivity index (χ4n) is 6.97. The van der Waals surface area contributed by atoms with E-state index in [1.165, 1.54) is 83.5 Å². The van der Waals surface area contributed by atoms with Crippen molar-refractivity contribution in [3.8, 4) is 0 Å². The van der Waals surface area contributed by atoms with Gasteiger partial charge in [0.05, 0.1) is 12.3 Å². The zero-order chi connectivity index (χ0) is 36.5.